The Labute approximate surface area is 108 Å². The van der Waals surface area contributed by atoms with Gasteiger partial charge in [-0.1, -0.05) is 6.42 Å². The largest absolute Gasteiger partial charge is 0.481 e. The monoisotopic (exact) mass is 251 g/mol. The maximum atomic E-state index is 9.62. The molecule has 1 fully saturated rings. The van der Waals surface area contributed by atoms with Crippen LogP contribution in [0.2, 0.25) is 0 Å². The molecule has 18 heavy (non-hydrogen) atoms. The molecule has 2 rings (SSSR count). The van der Waals surface area contributed by atoms with E-state index in [1.54, 1.807) is 13.2 Å². The van der Waals surface area contributed by atoms with Crippen LogP contribution in [0.4, 0.5) is 5.95 Å². The highest BCUT2D eigenvalue weighted by Gasteiger charge is 2.20. The quantitative estimate of drug-likeness (QED) is 0.853. The van der Waals surface area contributed by atoms with Gasteiger partial charge in [-0.25, -0.2) is 4.98 Å². The third-order valence-corrected chi connectivity index (χ3v) is 3.34. The van der Waals surface area contributed by atoms with E-state index in [-0.39, 0.29) is 6.10 Å². The molecule has 1 aliphatic carbocycles. The molecule has 2 atom stereocenters. The Morgan fingerprint density at radius 3 is 3.00 bits per heavy atom. The Kier molecular flexibility index (Phi) is 4.36. The van der Waals surface area contributed by atoms with Gasteiger partial charge in [0.1, 0.15) is 0 Å². The van der Waals surface area contributed by atoms with Crippen LogP contribution >= 0.6 is 0 Å². The molecular weight excluding hydrogens is 230 g/mol. The highest BCUT2D eigenvalue weighted by Crippen LogP contribution is 2.24. The SMILES string of the molecule is COc1cc(C)nc(NCC2CCCC(O)C2)n1. The predicted molar refractivity (Wildman–Crippen MR) is 69.8 cm³/mol. The van der Waals surface area contributed by atoms with Crippen LogP contribution in [0.3, 0.4) is 0 Å². The molecule has 0 saturated heterocycles. The van der Waals surface area contributed by atoms with Crippen molar-refractivity contribution in [1.29, 1.82) is 0 Å². The number of aromatic nitrogens is 2. The van der Waals surface area contributed by atoms with Crippen LogP contribution in [-0.2, 0) is 0 Å². The van der Waals surface area contributed by atoms with Crippen LogP contribution in [0.5, 0.6) is 5.88 Å². The molecule has 100 valence electrons. The van der Waals surface area contributed by atoms with Crippen LogP contribution in [-0.4, -0.2) is 34.8 Å². The first-order valence-corrected chi connectivity index (χ1v) is 6.49. The van der Waals surface area contributed by atoms with E-state index >= 15 is 0 Å². The fourth-order valence-electron chi connectivity index (χ4n) is 2.41. The summed E-state index contributed by atoms with van der Waals surface area (Å²) in [6.07, 6.45) is 3.93. The molecule has 2 unspecified atom stereocenters. The molecule has 0 aliphatic heterocycles. The summed E-state index contributed by atoms with van der Waals surface area (Å²) < 4.78 is 5.11. The minimum Gasteiger partial charge on any atom is -0.481 e. The van der Waals surface area contributed by atoms with Crippen molar-refractivity contribution in [2.75, 3.05) is 19.0 Å². The lowest BCUT2D eigenvalue weighted by Crippen LogP contribution is -2.25. The Morgan fingerprint density at radius 2 is 2.28 bits per heavy atom. The van der Waals surface area contributed by atoms with E-state index in [0.717, 1.165) is 37.9 Å². The van der Waals surface area contributed by atoms with Gasteiger partial charge in [-0.05, 0) is 32.1 Å². The van der Waals surface area contributed by atoms with Crippen LogP contribution in [0.25, 0.3) is 0 Å². The number of hydrogen-bond acceptors (Lipinski definition) is 5. The fourth-order valence-corrected chi connectivity index (χ4v) is 2.41. The summed E-state index contributed by atoms with van der Waals surface area (Å²) in [6.45, 7) is 2.73. The zero-order chi connectivity index (χ0) is 13.0. The first kappa shape index (κ1) is 13.1. The number of nitrogens with one attached hydrogen (secondary N) is 1. The van der Waals surface area contributed by atoms with Gasteiger partial charge >= 0.3 is 0 Å². The van der Waals surface area contributed by atoms with Gasteiger partial charge in [0.25, 0.3) is 0 Å². The van der Waals surface area contributed by atoms with Gasteiger partial charge in [-0.2, -0.15) is 4.98 Å². The summed E-state index contributed by atoms with van der Waals surface area (Å²) in [6, 6.07) is 1.80. The van der Waals surface area contributed by atoms with E-state index in [4.69, 9.17) is 4.74 Å². The average molecular weight is 251 g/mol. The third kappa shape index (κ3) is 3.57. The van der Waals surface area contributed by atoms with E-state index in [1.807, 2.05) is 6.92 Å². The number of methoxy groups -OCH3 is 1. The second-order valence-corrected chi connectivity index (χ2v) is 4.94. The lowest BCUT2D eigenvalue weighted by molar-refractivity contribution is 0.104. The van der Waals surface area contributed by atoms with E-state index in [1.165, 1.54) is 0 Å². The van der Waals surface area contributed by atoms with Gasteiger partial charge in [0.15, 0.2) is 0 Å². The summed E-state index contributed by atoms with van der Waals surface area (Å²) in [5, 5.41) is 12.9. The van der Waals surface area contributed by atoms with Crippen LogP contribution < -0.4 is 10.1 Å². The first-order valence-electron chi connectivity index (χ1n) is 6.49. The molecule has 1 aromatic heterocycles. The summed E-state index contributed by atoms with van der Waals surface area (Å²) >= 11 is 0. The molecule has 0 bridgehead atoms. The summed E-state index contributed by atoms with van der Waals surface area (Å²) in [5.41, 5.74) is 0.882. The Hall–Kier alpha value is -1.36. The molecule has 1 aliphatic rings. The third-order valence-electron chi connectivity index (χ3n) is 3.34. The fraction of sp³-hybridized carbons (Fsp3) is 0.692. The molecule has 1 aromatic rings. The van der Waals surface area contributed by atoms with Crippen molar-refractivity contribution in [3.05, 3.63) is 11.8 Å². The molecule has 2 N–H and O–H groups in total. The van der Waals surface area contributed by atoms with Crippen LogP contribution in [0, 0.1) is 12.8 Å². The van der Waals surface area contributed by atoms with E-state index in [9.17, 15) is 5.11 Å². The highest BCUT2D eigenvalue weighted by molar-refractivity contribution is 5.30. The van der Waals surface area contributed by atoms with E-state index in [2.05, 4.69) is 15.3 Å². The van der Waals surface area contributed by atoms with Crippen molar-refractivity contribution in [3.63, 3.8) is 0 Å². The summed E-state index contributed by atoms with van der Waals surface area (Å²) in [7, 11) is 1.60. The Balaban J connectivity index is 1.91. The highest BCUT2D eigenvalue weighted by atomic mass is 16.5. The topological polar surface area (TPSA) is 67.3 Å². The molecule has 1 saturated carbocycles. The maximum absolute atomic E-state index is 9.62. The molecule has 1 heterocycles. The molecular formula is C13H21N3O2. The molecule has 0 spiro atoms. The lowest BCUT2D eigenvalue weighted by Gasteiger charge is -2.25. The van der Waals surface area contributed by atoms with Crippen molar-refractivity contribution in [3.8, 4) is 5.88 Å². The van der Waals surface area contributed by atoms with E-state index in [0.29, 0.717) is 17.7 Å². The molecule has 0 radical (unpaired) electrons. The molecule has 5 nitrogen and oxygen atoms in total. The molecule has 0 amide bonds. The number of aryl methyl sites for hydroxylation is 1. The summed E-state index contributed by atoms with van der Waals surface area (Å²) in [5.74, 6) is 1.68. The lowest BCUT2D eigenvalue weighted by atomic mass is 9.87. The number of aliphatic hydroxyl groups excluding tert-OH is 1. The second-order valence-electron chi connectivity index (χ2n) is 4.94. The standard InChI is InChI=1S/C13H21N3O2/c1-9-6-12(18-2)16-13(15-9)14-8-10-4-3-5-11(17)7-10/h6,10-11,17H,3-5,7-8H2,1-2H3,(H,14,15,16). The zero-order valence-electron chi connectivity index (χ0n) is 11.0. The normalized spacial score (nSPS) is 23.7. The van der Waals surface area contributed by atoms with Gasteiger partial charge in [-0.15, -0.1) is 0 Å². The van der Waals surface area contributed by atoms with Gasteiger partial charge in [0.2, 0.25) is 11.8 Å². The number of rotatable bonds is 4. The van der Waals surface area contributed by atoms with Crippen molar-refractivity contribution in [2.45, 2.75) is 38.7 Å². The number of hydrogen-bond donors (Lipinski definition) is 2. The average Bonchev–Trinajstić information content (AvgIpc) is 2.36. The van der Waals surface area contributed by atoms with Crippen LogP contribution in [0.1, 0.15) is 31.4 Å². The smallest absolute Gasteiger partial charge is 0.226 e. The van der Waals surface area contributed by atoms with Crippen molar-refractivity contribution < 1.29 is 9.84 Å². The van der Waals surface area contributed by atoms with Crippen molar-refractivity contribution in [1.82, 2.24) is 9.97 Å². The second kappa shape index (κ2) is 6.00. The molecule has 5 heteroatoms. The Morgan fingerprint density at radius 1 is 1.44 bits per heavy atom. The van der Waals surface area contributed by atoms with Gasteiger partial charge in [0.05, 0.1) is 13.2 Å². The predicted octanol–water partition coefficient (Wildman–Crippen LogP) is 1.76. The van der Waals surface area contributed by atoms with Crippen LogP contribution in [0.15, 0.2) is 6.07 Å². The molecule has 0 aromatic carbocycles. The number of aliphatic hydroxyl groups is 1. The minimum absolute atomic E-state index is 0.140. The van der Waals surface area contributed by atoms with Crippen molar-refractivity contribution >= 4 is 5.95 Å². The first-order chi connectivity index (χ1) is 8.67. The summed E-state index contributed by atoms with van der Waals surface area (Å²) in [4.78, 5) is 8.57. The van der Waals surface area contributed by atoms with Gasteiger partial charge in [0, 0.05) is 18.3 Å². The number of anilines is 1. The van der Waals surface area contributed by atoms with E-state index < -0.39 is 0 Å². The van der Waals surface area contributed by atoms with Gasteiger partial charge in [-0.3, -0.25) is 0 Å². The zero-order valence-corrected chi connectivity index (χ0v) is 11.0. The van der Waals surface area contributed by atoms with Crippen molar-refractivity contribution in [2.24, 2.45) is 5.92 Å². The number of ether oxygens (including phenoxy) is 1. The van der Waals surface area contributed by atoms with Gasteiger partial charge < -0.3 is 15.2 Å². The maximum Gasteiger partial charge on any atom is 0.226 e. The minimum atomic E-state index is -0.140. The number of nitrogens with zero attached hydrogens (tertiary/aromatic N) is 2. The Bertz CT molecular complexity index is 398.